The molecule has 0 amide bonds. The first-order valence-corrected chi connectivity index (χ1v) is 21.1. The summed E-state index contributed by atoms with van der Waals surface area (Å²) >= 11 is 0. The zero-order valence-corrected chi connectivity index (χ0v) is 31.7. The number of rotatable bonds is 36. The standard InChI is InChI=1S/C39H73O8P/c1-3-5-7-9-11-13-15-17-19-21-23-25-27-29-31-33-38(40)45-35-37(36-46-48(42,43)44)47-39(41)34-32-30-28-26-24-22-20-18-16-14-12-10-8-6-4-2/h12,14,18,20,37H,3-11,13,15-17,19,21-36H2,1-2H3,(H2,42,43,44)/p-1/b14-12-,20-18-/t37-/m1/s1. The second kappa shape index (κ2) is 35.4. The normalized spacial score (nSPS) is 13.7. The third kappa shape index (κ3) is 37.4. The summed E-state index contributed by atoms with van der Waals surface area (Å²) in [6, 6.07) is 0. The Hall–Kier alpha value is -1.47. The van der Waals surface area contributed by atoms with Gasteiger partial charge in [0.15, 0.2) is 6.10 Å². The summed E-state index contributed by atoms with van der Waals surface area (Å²) in [6.07, 6.45) is 38.7. The number of phosphoric acid groups is 1. The van der Waals surface area contributed by atoms with Gasteiger partial charge in [-0.2, -0.15) is 0 Å². The maximum Gasteiger partial charge on any atom is 0.306 e. The van der Waals surface area contributed by atoms with Gasteiger partial charge in [-0.3, -0.25) is 14.2 Å². The maximum absolute atomic E-state index is 12.3. The first kappa shape index (κ1) is 46.5. The van der Waals surface area contributed by atoms with E-state index in [-0.39, 0.29) is 19.4 Å². The van der Waals surface area contributed by atoms with Crippen molar-refractivity contribution >= 4 is 19.8 Å². The molecule has 9 heteroatoms. The first-order chi connectivity index (χ1) is 23.3. The summed E-state index contributed by atoms with van der Waals surface area (Å²) in [7, 11) is -5.00. The molecule has 0 saturated heterocycles. The Morgan fingerprint density at radius 1 is 0.583 bits per heavy atom. The average Bonchev–Trinajstić information content (AvgIpc) is 3.05. The van der Waals surface area contributed by atoms with Crippen LogP contribution in [0.1, 0.15) is 194 Å². The van der Waals surface area contributed by atoms with E-state index >= 15 is 0 Å². The number of phosphoric ester groups is 1. The molecule has 0 radical (unpaired) electrons. The molecule has 1 unspecified atom stereocenters. The van der Waals surface area contributed by atoms with Gasteiger partial charge < -0.3 is 23.8 Å². The minimum atomic E-state index is -5.00. The molecule has 0 aromatic heterocycles. The molecule has 0 rings (SSSR count). The van der Waals surface area contributed by atoms with Gasteiger partial charge in [-0.15, -0.1) is 0 Å². The summed E-state index contributed by atoms with van der Waals surface area (Å²) in [4.78, 5) is 44.6. The van der Waals surface area contributed by atoms with Gasteiger partial charge in [0, 0.05) is 12.8 Å². The Morgan fingerprint density at radius 3 is 1.46 bits per heavy atom. The fraction of sp³-hybridized carbons (Fsp3) is 0.846. The van der Waals surface area contributed by atoms with Crippen molar-refractivity contribution in [1.29, 1.82) is 0 Å². The van der Waals surface area contributed by atoms with Crippen LogP contribution in [0.4, 0.5) is 0 Å². The van der Waals surface area contributed by atoms with Crippen molar-refractivity contribution in [2.75, 3.05) is 13.2 Å². The molecule has 0 aromatic rings. The van der Waals surface area contributed by atoms with Crippen LogP contribution in [0.5, 0.6) is 0 Å². The van der Waals surface area contributed by atoms with E-state index in [9.17, 15) is 19.0 Å². The van der Waals surface area contributed by atoms with E-state index in [4.69, 9.17) is 14.4 Å². The molecule has 0 fully saturated rings. The van der Waals surface area contributed by atoms with Gasteiger partial charge in [0.05, 0.1) is 6.61 Å². The minimum absolute atomic E-state index is 0.183. The molecule has 0 aliphatic heterocycles. The van der Waals surface area contributed by atoms with Crippen molar-refractivity contribution in [2.24, 2.45) is 0 Å². The predicted octanol–water partition coefficient (Wildman–Crippen LogP) is 11.0. The van der Waals surface area contributed by atoms with Crippen LogP contribution in [-0.2, 0) is 28.2 Å². The lowest BCUT2D eigenvalue weighted by Crippen LogP contribution is -2.30. The minimum Gasteiger partial charge on any atom is -0.756 e. The van der Waals surface area contributed by atoms with E-state index in [0.717, 1.165) is 57.8 Å². The Kier molecular flexibility index (Phi) is 34.3. The second-order valence-electron chi connectivity index (χ2n) is 13.2. The number of carbonyl (C=O) groups is 2. The van der Waals surface area contributed by atoms with Crippen LogP contribution >= 0.6 is 7.82 Å². The summed E-state index contributed by atoms with van der Waals surface area (Å²) in [5.74, 6) is -0.930. The van der Waals surface area contributed by atoms with Gasteiger partial charge in [0.2, 0.25) is 0 Å². The van der Waals surface area contributed by atoms with Crippen molar-refractivity contribution in [3.8, 4) is 0 Å². The molecule has 282 valence electrons. The molecule has 0 heterocycles. The van der Waals surface area contributed by atoms with E-state index < -0.39 is 32.5 Å². The van der Waals surface area contributed by atoms with Crippen LogP contribution in [-0.4, -0.2) is 36.1 Å². The smallest absolute Gasteiger partial charge is 0.306 e. The first-order valence-electron chi connectivity index (χ1n) is 19.6. The fourth-order valence-electron chi connectivity index (χ4n) is 5.52. The highest BCUT2D eigenvalue weighted by molar-refractivity contribution is 7.44. The third-order valence-electron chi connectivity index (χ3n) is 8.47. The molecule has 0 spiro atoms. The molecular weight excluding hydrogens is 627 g/mol. The van der Waals surface area contributed by atoms with E-state index in [2.05, 4.69) is 42.7 Å². The number of carbonyl (C=O) groups excluding carboxylic acids is 2. The van der Waals surface area contributed by atoms with E-state index in [1.807, 2.05) is 0 Å². The van der Waals surface area contributed by atoms with Crippen molar-refractivity contribution in [3.63, 3.8) is 0 Å². The van der Waals surface area contributed by atoms with Gasteiger partial charge in [0.25, 0.3) is 7.82 Å². The number of hydrogen-bond donors (Lipinski definition) is 1. The Morgan fingerprint density at radius 2 is 0.979 bits per heavy atom. The van der Waals surface area contributed by atoms with Crippen LogP contribution in [0.3, 0.4) is 0 Å². The average molecular weight is 700 g/mol. The molecule has 0 bridgehead atoms. The van der Waals surface area contributed by atoms with Crippen LogP contribution < -0.4 is 4.89 Å². The van der Waals surface area contributed by atoms with Gasteiger partial charge >= 0.3 is 11.9 Å². The van der Waals surface area contributed by atoms with Crippen LogP contribution in [0.25, 0.3) is 0 Å². The Bertz CT molecular complexity index is 838. The number of hydrogen-bond acceptors (Lipinski definition) is 7. The predicted molar refractivity (Wildman–Crippen MR) is 196 cm³/mol. The monoisotopic (exact) mass is 699 g/mol. The Labute approximate surface area is 294 Å². The van der Waals surface area contributed by atoms with Crippen molar-refractivity contribution in [3.05, 3.63) is 24.3 Å². The molecule has 1 N–H and O–H groups in total. The number of allylic oxidation sites excluding steroid dienone is 4. The molecule has 0 aromatic carbocycles. The summed E-state index contributed by atoms with van der Waals surface area (Å²) < 4.78 is 26.0. The van der Waals surface area contributed by atoms with Gasteiger partial charge in [0.1, 0.15) is 6.61 Å². The summed E-state index contributed by atoms with van der Waals surface area (Å²) in [6.45, 7) is 3.56. The number of esters is 2. The van der Waals surface area contributed by atoms with Gasteiger partial charge in [-0.1, -0.05) is 160 Å². The zero-order chi connectivity index (χ0) is 35.4. The third-order valence-corrected chi connectivity index (χ3v) is 8.94. The lowest BCUT2D eigenvalue weighted by atomic mass is 10.0. The SMILES string of the molecule is CCCCC/C=C\C/C=C\CCCCCCCC(=O)O[C@H](COC(=O)CCCCCCCCCCCCCCCCC)COP(=O)([O-])O. The van der Waals surface area contributed by atoms with Crippen molar-refractivity contribution in [1.82, 2.24) is 0 Å². The topological polar surface area (TPSA) is 122 Å². The molecule has 0 saturated carbocycles. The maximum atomic E-state index is 12.3. The highest BCUT2D eigenvalue weighted by atomic mass is 31.2. The molecule has 8 nitrogen and oxygen atoms in total. The van der Waals surface area contributed by atoms with Crippen LogP contribution in [0.15, 0.2) is 24.3 Å². The summed E-state index contributed by atoms with van der Waals surface area (Å²) in [5.41, 5.74) is 0. The summed E-state index contributed by atoms with van der Waals surface area (Å²) in [5, 5.41) is 0. The largest absolute Gasteiger partial charge is 0.756 e. The lowest BCUT2D eigenvalue weighted by Gasteiger charge is -2.21. The number of unbranched alkanes of at least 4 members (excludes halogenated alkanes) is 22. The fourth-order valence-corrected chi connectivity index (χ4v) is 5.87. The second-order valence-corrected chi connectivity index (χ2v) is 14.4. The number of ether oxygens (including phenoxy) is 2. The molecule has 48 heavy (non-hydrogen) atoms. The quantitative estimate of drug-likeness (QED) is 0.0297. The van der Waals surface area contributed by atoms with Crippen molar-refractivity contribution < 1.29 is 37.9 Å². The van der Waals surface area contributed by atoms with E-state index in [1.54, 1.807) is 0 Å². The zero-order valence-electron chi connectivity index (χ0n) is 30.9. The van der Waals surface area contributed by atoms with Crippen LogP contribution in [0.2, 0.25) is 0 Å². The van der Waals surface area contributed by atoms with Crippen LogP contribution in [0, 0.1) is 0 Å². The van der Waals surface area contributed by atoms with Gasteiger partial charge in [-0.05, 0) is 44.9 Å². The van der Waals surface area contributed by atoms with E-state index in [0.29, 0.717) is 6.42 Å². The van der Waals surface area contributed by atoms with Gasteiger partial charge in [-0.25, -0.2) is 0 Å². The van der Waals surface area contributed by atoms with E-state index in [1.165, 1.54) is 103 Å². The Balaban J connectivity index is 3.95. The molecular formula is C39H72O8P-. The molecule has 0 aliphatic rings. The highest BCUT2D eigenvalue weighted by Crippen LogP contribution is 2.30. The highest BCUT2D eigenvalue weighted by Gasteiger charge is 2.19. The molecule has 2 atom stereocenters. The van der Waals surface area contributed by atoms with Crippen molar-refractivity contribution in [2.45, 2.75) is 200 Å². The molecule has 0 aliphatic carbocycles. The lowest BCUT2D eigenvalue weighted by molar-refractivity contribution is -0.223.